The second kappa shape index (κ2) is 30.6. The molecule has 7 atom stereocenters. The third kappa shape index (κ3) is 22.1. The minimum absolute atomic E-state index is 0.0144. The van der Waals surface area contributed by atoms with Crippen molar-refractivity contribution in [2.24, 2.45) is 50.5 Å². The molecule has 1 aromatic heterocycles. The highest BCUT2D eigenvalue weighted by Crippen LogP contribution is 2.26. The number of rotatable bonds is 19. The van der Waals surface area contributed by atoms with Gasteiger partial charge in [-0.2, -0.15) is 0 Å². The average molecular weight is 1090 g/mol. The van der Waals surface area contributed by atoms with Crippen molar-refractivity contribution in [3.8, 4) is 0 Å². The monoisotopic (exact) mass is 1090 g/mol. The lowest BCUT2D eigenvalue weighted by atomic mass is 9.83. The smallest absolute Gasteiger partial charge is 0.243 e. The Kier molecular flexibility index (Phi) is 24.5. The van der Waals surface area contributed by atoms with Crippen molar-refractivity contribution >= 4 is 85.6 Å². The molecule has 77 heavy (non-hydrogen) atoms. The summed E-state index contributed by atoms with van der Waals surface area (Å²) < 4.78 is 25.2. The van der Waals surface area contributed by atoms with Crippen molar-refractivity contribution in [3.63, 3.8) is 0 Å². The largest absolute Gasteiger partial charge is 0.370 e. The molecule has 2 heterocycles. The van der Waals surface area contributed by atoms with Crippen molar-refractivity contribution in [2.45, 2.75) is 121 Å². The minimum atomic E-state index is -3.78. The van der Waals surface area contributed by atoms with E-state index in [1.165, 1.54) is 6.92 Å². The van der Waals surface area contributed by atoms with E-state index in [4.69, 9.17) is 28.7 Å². The lowest BCUT2D eigenvalue weighted by Crippen LogP contribution is -2.58. The number of carbonyl (C=O) groups is 9. The number of nitrogens with one attached hydrogen (secondary N) is 7. The zero-order valence-corrected chi connectivity index (χ0v) is 44.3. The van der Waals surface area contributed by atoms with Gasteiger partial charge in [-0.25, -0.2) is 8.42 Å². The van der Waals surface area contributed by atoms with Crippen LogP contribution in [0.2, 0.25) is 0 Å². The molecule has 0 aliphatic carbocycles. The molecule has 17 N–H and O–H groups in total. The van der Waals surface area contributed by atoms with E-state index < -0.39 is 130 Å². The molecule has 0 spiro atoms. The number of para-hydroxylation sites is 1. The number of nitrogens with two attached hydrogens (primary N) is 5. The van der Waals surface area contributed by atoms with Crippen LogP contribution in [0.1, 0.15) is 88.7 Å². The van der Waals surface area contributed by atoms with Gasteiger partial charge in [0.1, 0.15) is 39.8 Å². The highest BCUT2D eigenvalue weighted by atomic mass is 32.2. The Hall–Kier alpha value is -7.90. The number of aromatic nitrogens is 1. The SMILES string of the molecule is CC(=O)N[C@@H](CCCN=C(N)N)C(=O)N[C@H]1CCCC(=O)NCC[C@@H](C(N)=O)NC(=O)[C@H](Cc2c[nH]c3ccccc23)CC(=O)[C@H](CCCN=C(N)N)CC(=O)[C@@H](Cc2ccccc2)NC(=O)[C@H](CCS(C)(=O)=O)NC1=O. The summed E-state index contributed by atoms with van der Waals surface area (Å²) in [6, 6.07) is 8.93. The predicted molar refractivity (Wildman–Crippen MR) is 289 cm³/mol. The molecule has 0 saturated carbocycles. The Morgan fingerprint density at radius 2 is 1.39 bits per heavy atom. The first kappa shape index (κ1) is 61.6. The van der Waals surface area contributed by atoms with Gasteiger partial charge in [-0.3, -0.25) is 53.1 Å². The number of sulfone groups is 1. The van der Waals surface area contributed by atoms with Gasteiger partial charge in [0, 0.05) is 81.0 Å². The molecule has 3 aromatic rings. The Morgan fingerprint density at radius 1 is 0.740 bits per heavy atom. The maximum atomic E-state index is 14.8. The fourth-order valence-electron chi connectivity index (χ4n) is 8.83. The van der Waals surface area contributed by atoms with Crippen LogP contribution in [0.4, 0.5) is 0 Å². The fraction of sp³-hybridized carbons (Fsp3) is 0.510. The highest BCUT2D eigenvalue weighted by molar-refractivity contribution is 7.90. The van der Waals surface area contributed by atoms with E-state index in [0.29, 0.717) is 11.1 Å². The maximum absolute atomic E-state index is 14.8. The molecule has 2 aromatic carbocycles. The van der Waals surface area contributed by atoms with Gasteiger partial charge in [0.2, 0.25) is 41.4 Å². The summed E-state index contributed by atoms with van der Waals surface area (Å²) >= 11 is 0. The molecule has 1 fully saturated rings. The zero-order valence-electron chi connectivity index (χ0n) is 43.5. The van der Waals surface area contributed by atoms with Gasteiger partial charge in [-0.1, -0.05) is 48.5 Å². The van der Waals surface area contributed by atoms with Crippen LogP contribution >= 0.6 is 0 Å². The number of carbonyl (C=O) groups excluding carboxylic acids is 9. The van der Waals surface area contributed by atoms with E-state index in [0.717, 1.165) is 17.2 Å². The molecular formula is C51H74N14O11S. The Balaban J connectivity index is 1.80. The van der Waals surface area contributed by atoms with Crippen molar-refractivity contribution in [2.75, 3.05) is 31.6 Å². The molecule has 26 heteroatoms. The van der Waals surface area contributed by atoms with Gasteiger partial charge in [-0.15, -0.1) is 0 Å². The van der Waals surface area contributed by atoms with E-state index >= 15 is 0 Å². The first-order chi connectivity index (χ1) is 36.5. The maximum Gasteiger partial charge on any atom is 0.243 e. The van der Waals surface area contributed by atoms with Gasteiger partial charge < -0.3 is 65.6 Å². The molecule has 7 amide bonds. The molecule has 0 radical (unpaired) electrons. The molecular weight excluding hydrogens is 1020 g/mol. The van der Waals surface area contributed by atoms with Crippen LogP contribution < -0.4 is 60.6 Å². The average Bonchev–Trinajstić information content (AvgIpc) is 3.77. The van der Waals surface area contributed by atoms with Crippen LogP contribution in [-0.2, 0) is 65.8 Å². The lowest BCUT2D eigenvalue weighted by Gasteiger charge is -2.27. The highest BCUT2D eigenvalue weighted by Gasteiger charge is 2.35. The fourth-order valence-corrected chi connectivity index (χ4v) is 9.49. The summed E-state index contributed by atoms with van der Waals surface area (Å²) in [5, 5.41) is 16.5. The first-order valence-electron chi connectivity index (χ1n) is 25.5. The Labute approximate surface area is 447 Å². The number of aliphatic imine (C=N–C) groups is 2. The number of amides is 7. The van der Waals surface area contributed by atoms with Crippen LogP contribution in [0.3, 0.4) is 0 Å². The topological polar surface area (TPSA) is 431 Å². The normalized spacial score (nSPS) is 21.3. The molecule has 420 valence electrons. The lowest BCUT2D eigenvalue weighted by molar-refractivity contribution is -0.135. The molecule has 1 aliphatic heterocycles. The van der Waals surface area contributed by atoms with Crippen LogP contribution in [0.5, 0.6) is 0 Å². The summed E-state index contributed by atoms with van der Waals surface area (Å²) in [7, 11) is -3.78. The van der Waals surface area contributed by atoms with E-state index in [1.807, 2.05) is 24.3 Å². The second-order valence-corrected chi connectivity index (χ2v) is 21.5. The van der Waals surface area contributed by atoms with Crippen molar-refractivity contribution in [1.29, 1.82) is 0 Å². The molecule has 1 saturated heterocycles. The Bertz CT molecular complexity index is 2720. The summed E-state index contributed by atoms with van der Waals surface area (Å²) in [6.07, 6.45) is 1.04. The van der Waals surface area contributed by atoms with Crippen molar-refractivity contribution < 1.29 is 51.6 Å². The molecule has 4 rings (SSSR count). The number of Topliss-reactive ketones (excluding diaryl/α,β-unsaturated/α-hetero) is 2. The summed E-state index contributed by atoms with van der Waals surface area (Å²) in [5.41, 5.74) is 29.9. The molecule has 25 nitrogen and oxygen atoms in total. The molecule has 0 bridgehead atoms. The van der Waals surface area contributed by atoms with Gasteiger partial charge in [-0.05, 0) is 81.4 Å². The number of primary amides is 1. The van der Waals surface area contributed by atoms with Gasteiger partial charge in [0.15, 0.2) is 17.7 Å². The number of guanidine groups is 2. The standard InChI is InChI=1S/C51H74N14O11S/c1-30(66)61-38(17-10-22-59-51(55)56)47(72)63-39-16-8-18-44(69)57-23-19-37(45(52)70)62-46(71)33(26-34-29-60-36-15-7-6-14-35(34)36)28-42(67)32(13-9-21-58-50(53)54)27-43(68)41(25-31-11-4-3-5-12-31)65-49(74)40(64-48(39)73)20-24-77(2,75)76/h3-7,11-12,14-15,29,32-33,37-41,60H,8-10,13,16-28H2,1-2H3,(H2,52,70)(H,57,69)(H,61,66)(H,62,71)(H,63,72)(H,64,73)(H,65,74)(H4,53,54,58)(H4,55,56,59)/t32-,33-,37+,38+,39+,40+,41-/m1/s1. The van der Waals surface area contributed by atoms with Gasteiger partial charge in [0.05, 0.1) is 11.8 Å². The molecule has 0 unspecified atom stereocenters. The number of aromatic amines is 1. The van der Waals surface area contributed by atoms with E-state index in [1.54, 1.807) is 36.5 Å². The van der Waals surface area contributed by atoms with Gasteiger partial charge in [0.25, 0.3) is 0 Å². The van der Waals surface area contributed by atoms with Crippen LogP contribution in [0.15, 0.2) is 70.8 Å². The summed E-state index contributed by atoms with van der Waals surface area (Å²) in [4.78, 5) is 136. The second-order valence-electron chi connectivity index (χ2n) is 19.2. The minimum Gasteiger partial charge on any atom is -0.370 e. The van der Waals surface area contributed by atoms with Crippen molar-refractivity contribution in [1.82, 2.24) is 36.9 Å². The van der Waals surface area contributed by atoms with Gasteiger partial charge >= 0.3 is 0 Å². The number of nitrogens with zero attached hydrogens (tertiary/aromatic N) is 2. The number of ketones is 2. The Morgan fingerprint density at radius 3 is 2.05 bits per heavy atom. The number of H-pyrrole nitrogens is 1. The zero-order chi connectivity index (χ0) is 56.7. The van der Waals surface area contributed by atoms with E-state index in [-0.39, 0.29) is 95.8 Å². The third-order valence-electron chi connectivity index (χ3n) is 12.8. The quantitative estimate of drug-likeness (QED) is 0.0360. The van der Waals surface area contributed by atoms with Crippen molar-refractivity contribution in [3.05, 3.63) is 71.9 Å². The van der Waals surface area contributed by atoms with Crippen LogP contribution in [0.25, 0.3) is 10.9 Å². The summed E-state index contributed by atoms with van der Waals surface area (Å²) in [6.45, 7) is 1.21. The van der Waals surface area contributed by atoms with E-state index in [9.17, 15) is 51.6 Å². The predicted octanol–water partition coefficient (Wildman–Crippen LogP) is -1.73. The number of benzene rings is 2. The number of hydrogen-bond donors (Lipinski definition) is 12. The van der Waals surface area contributed by atoms with E-state index in [2.05, 4.69) is 46.9 Å². The first-order valence-corrected chi connectivity index (χ1v) is 27.5. The molecule has 1 aliphatic rings. The number of hydrogen-bond acceptors (Lipinski definition) is 13. The van der Waals surface area contributed by atoms with Crippen LogP contribution in [-0.4, -0.2) is 140 Å². The number of fused-ring (bicyclic) bond motifs is 1. The third-order valence-corrected chi connectivity index (χ3v) is 13.8. The van der Waals surface area contributed by atoms with Crippen LogP contribution in [0, 0.1) is 11.8 Å². The summed E-state index contributed by atoms with van der Waals surface area (Å²) in [5.74, 6) is -9.80.